The Labute approximate surface area is 128 Å². The zero-order valence-electron chi connectivity index (χ0n) is 12.0. The first-order valence-electron chi connectivity index (χ1n) is 6.35. The van der Waals surface area contributed by atoms with Crippen LogP contribution >= 0.6 is 12.6 Å². The van der Waals surface area contributed by atoms with Gasteiger partial charge in [-0.2, -0.15) is 12.6 Å². The van der Waals surface area contributed by atoms with Gasteiger partial charge in [-0.25, -0.2) is 4.79 Å². The summed E-state index contributed by atoms with van der Waals surface area (Å²) < 4.78 is 0. The van der Waals surface area contributed by atoms with Gasteiger partial charge >= 0.3 is 5.97 Å². The Morgan fingerprint density at radius 1 is 1.29 bits per heavy atom. The second-order valence-electron chi connectivity index (χ2n) is 5.23. The number of hydrogen-bond donors (Lipinski definition) is 6. The number of carboxylic acids is 1. The predicted octanol–water partition coefficient (Wildman–Crippen LogP) is -1.63. The molecule has 0 fully saturated rings. The van der Waals surface area contributed by atoms with E-state index in [-0.39, 0.29) is 25.3 Å². The minimum Gasteiger partial charge on any atom is -0.480 e. The van der Waals surface area contributed by atoms with E-state index in [2.05, 4.69) is 23.3 Å². The van der Waals surface area contributed by atoms with E-state index in [4.69, 9.17) is 10.2 Å². The lowest BCUT2D eigenvalue weighted by molar-refractivity contribution is -0.141. The van der Waals surface area contributed by atoms with E-state index in [0.717, 1.165) is 0 Å². The molecule has 0 aliphatic heterocycles. The standard InChI is InChI=1S/C12H22N2O6S/c1-12(2,6-15)9(17)10(18)13-4-3-8(16)14-7(5-21)11(19)20/h7,9,15,17,21H,3-6H2,1-2H3,(H,13,18)(H,14,16)(H,19,20)/t7-,9+/m0/s1. The smallest absolute Gasteiger partial charge is 0.327 e. The number of thiol groups is 1. The lowest BCUT2D eigenvalue weighted by Crippen LogP contribution is -2.47. The number of carbonyl (C=O) groups excluding carboxylic acids is 2. The molecule has 21 heavy (non-hydrogen) atoms. The van der Waals surface area contributed by atoms with E-state index in [1.807, 2.05) is 0 Å². The van der Waals surface area contributed by atoms with Crippen molar-refractivity contribution < 1.29 is 29.7 Å². The van der Waals surface area contributed by atoms with Crippen molar-refractivity contribution in [3.63, 3.8) is 0 Å². The number of carbonyl (C=O) groups is 3. The molecule has 0 spiro atoms. The van der Waals surface area contributed by atoms with Crippen molar-refractivity contribution in [2.75, 3.05) is 18.9 Å². The van der Waals surface area contributed by atoms with Crippen LogP contribution in [0, 0.1) is 5.41 Å². The molecular weight excluding hydrogens is 300 g/mol. The lowest BCUT2D eigenvalue weighted by atomic mass is 9.87. The van der Waals surface area contributed by atoms with Crippen molar-refractivity contribution in [3.8, 4) is 0 Å². The average Bonchev–Trinajstić information content (AvgIpc) is 2.43. The van der Waals surface area contributed by atoms with Gasteiger partial charge in [0.2, 0.25) is 11.8 Å². The third kappa shape index (κ3) is 6.78. The van der Waals surface area contributed by atoms with Crippen molar-refractivity contribution >= 4 is 30.4 Å². The summed E-state index contributed by atoms with van der Waals surface area (Å²) in [6.07, 6.45) is -1.54. The SMILES string of the molecule is CC(C)(CO)[C@H](O)C(=O)NCCC(=O)N[C@@H](CS)C(=O)O. The van der Waals surface area contributed by atoms with Crippen LogP contribution in [0.1, 0.15) is 20.3 Å². The van der Waals surface area contributed by atoms with Crippen LogP contribution in [0.5, 0.6) is 0 Å². The van der Waals surface area contributed by atoms with Crippen LogP contribution in [0.2, 0.25) is 0 Å². The van der Waals surface area contributed by atoms with E-state index in [1.54, 1.807) is 0 Å². The predicted molar refractivity (Wildman–Crippen MR) is 77.9 cm³/mol. The minimum atomic E-state index is -1.41. The zero-order valence-corrected chi connectivity index (χ0v) is 12.9. The van der Waals surface area contributed by atoms with Gasteiger partial charge in [0, 0.05) is 24.1 Å². The lowest BCUT2D eigenvalue weighted by Gasteiger charge is -2.27. The second-order valence-corrected chi connectivity index (χ2v) is 5.60. The number of carboxylic acid groups (broad SMARTS) is 1. The fourth-order valence-corrected chi connectivity index (χ4v) is 1.54. The summed E-state index contributed by atoms with van der Waals surface area (Å²) in [5.41, 5.74) is -0.993. The summed E-state index contributed by atoms with van der Waals surface area (Å²) in [6.45, 7) is 2.62. The number of aliphatic hydroxyl groups excluding tert-OH is 2. The highest BCUT2D eigenvalue weighted by molar-refractivity contribution is 7.80. The van der Waals surface area contributed by atoms with E-state index >= 15 is 0 Å². The summed E-state index contributed by atoms with van der Waals surface area (Å²) in [4.78, 5) is 33.8. The van der Waals surface area contributed by atoms with Gasteiger partial charge in [0.15, 0.2) is 0 Å². The van der Waals surface area contributed by atoms with Crippen molar-refractivity contribution in [3.05, 3.63) is 0 Å². The van der Waals surface area contributed by atoms with Gasteiger partial charge in [-0.3, -0.25) is 9.59 Å². The quantitative estimate of drug-likeness (QED) is 0.282. The Hall–Kier alpha value is -1.32. The van der Waals surface area contributed by atoms with Crippen LogP contribution in [-0.2, 0) is 14.4 Å². The number of hydrogen-bond acceptors (Lipinski definition) is 6. The minimum absolute atomic E-state index is 0.0448. The van der Waals surface area contributed by atoms with Crippen LogP contribution in [0.4, 0.5) is 0 Å². The molecule has 122 valence electrons. The number of amides is 2. The molecule has 0 aliphatic rings. The van der Waals surface area contributed by atoms with Gasteiger partial charge in [-0.15, -0.1) is 0 Å². The maximum Gasteiger partial charge on any atom is 0.327 e. The zero-order chi connectivity index (χ0) is 16.6. The Morgan fingerprint density at radius 2 is 1.86 bits per heavy atom. The summed E-state index contributed by atoms with van der Waals surface area (Å²) in [5, 5.41) is 32.1. The highest BCUT2D eigenvalue weighted by atomic mass is 32.1. The van der Waals surface area contributed by atoms with Gasteiger partial charge < -0.3 is 26.0 Å². The Bertz CT molecular complexity index is 388. The molecule has 9 heteroatoms. The fourth-order valence-electron chi connectivity index (χ4n) is 1.29. The molecule has 0 aliphatic carbocycles. The number of nitrogens with one attached hydrogen (secondary N) is 2. The highest BCUT2D eigenvalue weighted by Gasteiger charge is 2.32. The fraction of sp³-hybridized carbons (Fsp3) is 0.750. The molecule has 0 saturated carbocycles. The molecule has 0 saturated heterocycles. The van der Waals surface area contributed by atoms with E-state index in [0.29, 0.717) is 0 Å². The maximum atomic E-state index is 11.6. The van der Waals surface area contributed by atoms with Crippen LogP contribution in [0.25, 0.3) is 0 Å². The third-order valence-electron chi connectivity index (χ3n) is 2.86. The molecule has 0 heterocycles. The van der Waals surface area contributed by atoms with E-state index in [1.165, 1.54) is 13.8 Å². The Balaban J connectivity index is 4.17. The van der Waals surface area contributed by atoms with Crippen molar-refractivity contribution in [2.24, 2.45) is 5.41 Å². The van der Waals surface area contributed by atoms with Crippen LogP contribution in [-0.4, -0.2) is 64.2 Å². The maximum absolute atomic E-state index is 11.6. The Kier molecular flexibility index (Phi) is 8.30. The molecule has 5 N–H and O–H groups in total. The van der Waals surface area contributed by atoms with Gasteiger partial charge in [-0.05, 0) is 0 Å². The first kappa shape index (κ1) is 19.7. The molecule has 0 aromatic rings. The molecular formula is C12H22N2O6S. The third-order valence-corrected chi connectivity index (χ3v) is 3.23. The molecule has 0 aromatic carbocycles. The van der Waals surface area contributed by atoms with Gasteiger partial charge in [0.25, 0.3) is 0 Å². The normalized spacial score (nSPS) is 14.1. The van der Waals surface area contributed by atoms with Gasteiger partial charge in [0.1, 0.15) is 12.1 Å². The Morgan fingerprint density at radius 3 is 2.29 bits per heavy atom. The summed E-state index contributed by atoms with van der Waals surface area (Å²) in [6, 6.07) is -1.09. The van der Waals surface area contributed by atoms with Crippen LogP contribution in [0.3, 0.4) is 0 Å². The van der Waals surface area contributed by atoms with E-state index < -0.39 is 35.3 Å². The van der Waals surface area contributed by atoms with E-state index in [9.17, 15) is 19.5 Å². The molecule has 2 amide bonds. The second kappa shape index (κ2) is 8.85. The largest absolute Gasteiger partial charge is 0.480 e. The highest BCUT2D eigenvalue weighted by Crippen LogP contribution is 2.19. The van der Waals surface area contributed by atoms with Gasteiger partial charge in [-0.1, -0.05) is 13.8 Å². The average molecular weight is 322 g/mol. The number of aliphatic hydroxyl groups is 2. The monoisotopic (exact) mass is 322 g/mol. The molecule has 2 atom stereocenters. The topological polar surface area (TPSA) is 136 Å². The summed E-state index contributed by atoms with van der Waals surface area (Å²) in [5.74, 6) is -2.49. The number of aliphatic carboxylic acids is 1. The molecule has 0 bridgehead atoms. The molecule has 0 aromatic heterocycles. The molecule has 0 rings (SSSR count). The molecule has 8 nitrogen and oxygen atoms in total. The van der Waals surface area contributed by atoms with Crippen molar-refractivity contribution in [1.29, 1.82) is 0 Å². The summed E-state index contributed by atoms with van der Waals surface area (Å²) >= 11 is 3.80. The molecule has 0 unspecified atom stereocenters. The van der Waals surface area contributed by atoms with Crippen LogP contribution in [0.15, 0.2) is 0 Å². The molecule has 0 radical (unpaired) electrons. The van der Waals surface area contributed by atoms with Crippen LogP contribution < -0.4 is 10.6 Å². The number of rotatable bonds is 9. The van der Waals surface area contributed by atoms with Gasteiger partial charge in [0.05, 0.1) is 6.61 Å². The first-order chi connectivity index (χ1) is 9.65. The van der Waals surface area contributed by atoms with Crippen molar-refractivity contribution in [1.82, 2.24) is 10.6 Å². The first-order valence-corrected chi connectivity index (χ1v) is 6.98. The van der Waals surface area contributed by atoms with Crippen molar-refractivity contribution in [2.45, 2.75) is 32.4 Å². The summed E-state index contributed by atoms with van der Waals surface area (Å²) in [7, 11) is 0.